The van der Waals surface area contributed by atoms with Gasteiger partial charge in [0.05, 0.1) is 12.7 Å². The van der Waals surface area contributed by atoms with Crippen molar-refractivity contribution in [1.29, 1.82) is 0 Å². The fourth-order valence-electron chi connectivity index (χ4n) is 2.30. The number of hydrogen-bond donors (Lipinski definition) is 1. The Morgan fingerprint density at radius 3 is 2.18 bits per heavy atom. The SMILES string of the molecule is CCC(=O)Oc1c(S(N)(=O)=O)ccc(OC(F)(F)F)c1-c1ccc(OC)cc1. The lowest BCUT2D eigenvalue weighted by molar-refractivity contribution is -0.274. The van der Waals surface area contributed by atoms with Crippen LogP contribution in [0.3, 0.4) is 0 Å². The number of esters is 1. The lowest BCUT2D eigenvalue weighted by atomic mass is 10.0. The topological polar surface area (TPSA) is 105 Å². The summed E-state index contributed by atoms with van der Waals surface area (Å²) in [4.78, 5) is 11.1. The quantitative estimate of drug-likeness (QED) is 0.569. The summed E-state index contributed by atoms with van der Waals surface area (Å²) < 4.78 is 76.4. The second-order valence-corrected chi connectivity index (χ2v) is 6.94. The van der Waals surface area contributed by atoms with Crippen molar-refractivity contribution in [2.75, 3.05) is 7.11 Å². The molecule has 0 aliphatic carbocycles. The zero-order valence-electron chi connectivity index (χ0n) is 14.7. The summed E-state index contributed by atoms with van der Waals surface area (Å²) in [7, 11) is -3.04. The van der Waals surface area contributed by atoms with Crippen molar-refractivity contribution in [2.45, 2.75) is 24.6 Å². The molecule has 0 atom stereocenters. The monoisotopic (exact) mass is 419 g/mol. The summed E-state index contributed by atoms with van der Waals surface area (Å²) in [5.41, 5.74) is -0.308. The molecule has 0 aromatic heterocycles. The maximum Gasteiger partial charge on any atom is 0.573 e. The third kappa shape index (κ3) is 5.14. The van der Waals surface area contributed by atoms with Crippen LogP contribution in [0, 0.1) is 0 Å². The molecule has 7 nitrogen and oxygen atoms in total. The van der Waals surface area contributed by atoms with E-state index in [0.717, 1.165) is 12.1 Å². The summed E-state index contributed by atoms with van der Waals surface area (Å²) in [6.07, 6.45) is -5.23. The number of hydrogen-bond acceptors (Lipinski definition) is 6. The Morgan fingerprint density at radius 2 is 1.71 bits per heavy atom. The van der Waals surface area contributed by atoms with Crippen molar-refractivity contribution in [1.82, 2.24) is 0 Å². The van der Waals surface area contributed by atoms with Gasteiger partial charge in [-0.1, -0.05) is 19.1 Å². The molecule has 0 fully saturated rings. The number of rotatable bonds is 6. The molecule has 0 aliphatic heterocycles. The Bertz CT molecular complexity index is 972. The van der Waals surface area contributed by atoms with Gasteiger partial charge in [-0.15, -0.1) is 13.2 Å². The van der Waals surface area contributed by atoms with Crippen molar-refractivity contribution < 1.29 is 40.6 Å². The lowest BCUT2D eigenvalue weighted by Gasteiger charge is -2.19. The first-order valence-corrected chi connectivity index (χ1v) is 9.31. The van der Waals surface area contributed by atoms with Crippen molar-refractivity contribution in [3.63, 3.8) is 0 Å². The summed E-state index contributed by atoms with van der Waals surface area (Å²) in [5.74, 6) is -1.88. The fourth-order valence-corrected chi connectivity index (χ4v) is 2.96. The highest BCUT2D eigenvalue weighted by Gasteiger charge is 2.34. The first-order valence-electron chi connectivity index (χ1n) is 7.77. The number of benzene rings is 2. The predicted octanol–water partition coefficient (Wildman–Crippen LogP) is 3.22. The molecule has 0 radical (unpaired) electrons. The van der Waals surface area contributed by atoms with Crippen LogP contribution in [-0.2, 0) is 14.8 Å². The molecule has 2 aromatic rings. The summed E-state index contributed by atoms with van der Waals surface area (Å²) >= 11 is 0. The molecule has 0 amide bonds. The van der Waals surface area contributed by atoms with Gasteiger partial charge >= 0.3 is 12.3 Å². The van der Waals surface area contributed by atoms with Crippen LogP contribution in [0.25, 0.3) is 11.1 Å². The fraction of sp³-hybridized carbons (Fsp3) is 0.235. The van der Waals surface area contributed by atoms with E-state index in [9.17, 15) is 26.4 Å². The number of halogens is 3. The Morgan fingerprint density at radius 1 is 1.11 bits per heavy atom. The summed E-state index contributed by atoms with van der Waals surface area (Å²) in [6, 6.07) is 7.14. The van der Waals surface area contributed by atoms with Gasteiger partial charge in [0.15, 0.2) is 5.75 Å². The van der Waals surface area contributed by atoms with Crippen LogP contribution in [-0.4, -0.2) is 27.9 Å². The van der Waals surface area contributed by atoms with E-state index < -0.39 is 44.3 Å². The largest absolute Gasteiger partial charge is 0.573 e. The zero-order chi connectivity index (χ0) is 21.1. The number of ether oxygens (including phenoxy) is 3. The Labute approximate surface area is 158 Å². The first kappa shape index (κ1) is 21.5. The van der Waals surface area contributed by atoms with Gasteiger partial charge in [0.2, 0.25) is 10.0 Å². The van der Waals surface area contributed by atoms with E-state index in [0.29, 0.717) is 5.75 Å². The Kier molecular flexibility index (Phi) is 6.20. The van der Waals surface area contributed by atoms with Crippen molar-refractivity contribution in [3.8, 4) is 28.4 Å². The van der Waals surface area contributed by atoms with E-state index in [-0.39, 0.29) is 12.0 Å². The molecule has 0 saturated heterocycles. The number of nitrogens with two attached hydrogens (primary N) is 1. The normalized spacial score (nSPS) is 11.8. The molecular weight excluding hydrogens is 403 g/mol. The average Bonchev–Trinajstić information content (AvgIpc) is 2.59. The Hall–Kier alpha value is -2.79. The van der Waals surface area contributed by atoms with Gasteiger partial charge in [0, 0.05) is 6.42 Å². The molecule has 0 unspecified atom stereocenters. The van der Waals surface area contributed by atoms with Gasteiger partial charge in [-0.2, -0.15) is 0 Å². The van der Waals surface area contributed by atoms with Gasteiger partial charge < -0.3 is 14.2 Å². The van der Waals surface area contributed by atoms with Crippen molar-refractivity contribution >= 4 is 16.0 Å². The van der Waals surface area contributed by atoms with E-state index >= 15 is 0 Å². The highest BCUT2D eigenvalue weighted by molar-refractivity contribution is 7.89. The number of sulfonamides is 1. The van der Waals surface area contributed by atoms with Crippen LogP contribution < -0.4 is 19.3 Å². The summed E-state index contributed by atoms with van der Waals surface area (Å²) in [6.45, 7) is 1.43. The molecule has 152 valence electrons. The lowest BCUT2D eigenvalue weighted by Crippen LogP contribution is -2.20. The minimum absolute atomic E-state index is 0.0875. The number of alkyl halides is 3. The molecule has 2 N–H and O–H groups in total. The van der Waals surface area contributed by atoms with E-state index in [1.807, 2.05) is 0 Å². The average molecular weight is 419 g/mol. The number of carbonyl (C=O) groups is 1. The van der Waals surface area contributed by atoms with Crippen LogP contribution in [0.4, 0.5) is 13.2 Å². The second-order valence-electron chi connectivity index (χ2n) is 5.41. The zero-order valence-corrected chi connectivity index (χ0v) is 15.6. The molecule has 0 heterocycles. The maximum absolute atomic E-state index is 12.9. The number of methoxy groups -OCH3 is 1. The molecule has 11 heteroatoms. The van der Waals surface area contributed by atoms with Gasteiger partial charge in [-0.05, 0) is 29.8 Å². The van der Waals surface area contributed by atoms with Crippen molar-refractivity contribution in [3.05, 3.63) is 36.4 Å². The van der Waals surface area contributed by atoms with E-state index in [1.54, 1.807) is 0 Å². The Balaban J connectivity index is 2.84. The van der Waals surface area contributed by atoms with E-state index in [4.69, 9.17) is 14.6 Å². The van der Waals surface area contributed by atoms with Crippen molar-refractivity contribution in [2.24, 2.45) is 5.14 Å². The molecule has 2 aromatic carbocycles. The molecule has 28 heavy (non-hydrogen) atoms. The summed E-state index contributed by atoms with van der Waals surface area (Å²) in [5, 5.41) is 5.14. The van der Waals surface area contributed by atoms with E-state index in [2.05, 4.69) is 4.74 Å². The standard InChI is InChI=1S/C17H16F3NO6S/c1-3-14(22)26-16-13(28(21,23)24)9-8-12(27-17(18,19)20)15(16)10-4-6-11(25-2)7-5-10/h4-9H,3H2,1-2H3,(H2,21,23,24). The molecule has 0 aliphatic rings. The van der Waals surface area contributed by atoms with Gasteiger partial charge in [-0.3, -0.25) is 4.79 Å². The maximum atomic E-state index is 12.9. The highest BCUT2D eigenvalue weighted by Crippen LogP contribution is 2.44. The molecular formula is C17H16F3NO6S. The van der Waals surface area contributed by atoms with Crippen LogP contribution in [0.2, 0.25) is 0 Å². The van der Waals surface area contributed by atoms with E-state index in [1.165, 1.54) is 38.3 Å². The van der Waals surface area contributed by atoms with Crippen LogP contribution in [0.1, 0.15) is 13.3 Å². The van der Waals surface area contributed by atoms with Gasteiger partial charge in [0.1, 0.15) is 16.4 Å². The minimum Gasteiger partial charge on any atom is -0.497 e. The number of carbonyl (C=O) groups excluding carboxylic acids is 1. The van der Waals surface area contributed by atoms with Crippen LogP contribution in [0.5, 0.6) is 17.2 Å². The minimum atomic E-state index is -5.07. The second kappa shape index (κ2) is 8.07. The predicted molar refractivity (Wildman–Crippen MR) is 92.4 cm³/mol. The molecule has 0 saturated carbocycles. The van der Waals surface area contributed by atoms with Gasteiger partial charge in [-0.25, -0.2) is 13.6 Å². The smallest absolute Gasteiger partial charge is 0.497 e. The first-order chi connectivity index (χ1) is 13.0. The molecule has 2 rings (SSSR count). The van der Waals surface area contributed by atoms with Crippen LogP contribution in [0.15, 0.2) is 41.3 Å². The number of primary sulfonamides is 1. The highest BCUT2D eigenvalue weighted by atomic mass is 32.2. The third-order valence-corrected chi connectivity index (χ3v) is 4.43. The molecule has 0 bridgehead atoms. The van der Waals surface area contributed by atoms with Gasteiger partial charge in [0.25, 0.3) is 0 Å². The van der Waals surface area contributed by atoms with Crippen LogP contribution >= 0.6 is 0 Å². The molecule has 0 spiro atoms. The third-order valence-electron chi connectivity index (χ3n) is 3.50.